The minimum absolute atomic E-state index is 0.139. The summed E-state index contributed by atoms with van der Waals surface area (Å²) in [5, 5.41) is 3.85. The quantitative estimate of drug-likeness (QED) is 0.755. The highest BCUT2D eigenvalue weighted by Gasteiger charge is 2.04. The average molecular weight is 242 g/mol. The molecular weight excluding hydrogens is 222 g/mol. The molecule has 0 radical (unpaired) electrons. The number of aryl methyl sites for hydroxylation is 1. The van der Waals surface area contributed by atoms with Gasteiger partial charge in [0.05, 0.1) is 0 Å². The van der Waals surface area contributed by atoms with Crippen molar-refractivity contribution in [2.45, 2.75) is 27.7 Å². The first-order chi connectivity index (χ1) is 7.30. The van der Waals surface area contributed by atoms with Gasteiger partial charge in [-0.25, -0.2) is 0 Å². The highest BCUT2D eigenvalue weighted by atomic mass is 35.5. The Bertz CT molecular complexity index is 342. The van der Waals surface area contributed by atoms with E-state index in [-0.39, 0.29) is 5.41 Å². The Balaban J connectivity index is 0.000000325. The number of halogens is 1. The summed E-state index contributed by atoms with van der Waals surface area (Å²) in [6.07, 6.45) is 0.938. The number of rotatable bonds is 1. The molecule has 0 aliphatic carbocycles. The van der Waals surface area contributed by atoms with Crippen molar-refractivity contribution in [1.82, 2.24) is 0 Å². The lowest BCUT2D eigenvalue weighted by Gasteiger charge is -2.03. The smallest absolute Gasteiger partial charge is 0.125 e. The second-order valence-corrected chi connectivity index (χ2v) is 5.13. The highest BCUT2D eigenvalue weighted by molar-refractivity contribution is 6.30. The molecule has 0 aliphatic rings. The Morgan fingerprint density at radius 1 is 1.31 bits per heavy atom. The summed E-state index contributed by atoms with van der Waals surface area (Å²) >= 11 is 5.75. The van der Waals surface area contributed by atoms with E-state index in [1.165, 1.54) is 5.56 Å². The molecule has 1 aromatic carbocycles. The highest BCUT2D eigenvalue weighted by Crippen LogP contribution is 2.18. The second kappa shape index (κ2) is 6.54. The summed E-state index contributed by atoms with van der Waals surface area (Å²) in [4.78, 5) is 9.83. The third-order valence-electron chi connectivity index (χ3n) is 1.81. The lowest BCUT2D eigenvalue weighted by molar-refractivity contribution is -0.113. The summed E-state index contributed by atoms with van der Waals surface area (Å²) in [7, 11) is 1.90. The summed E-state index contributed by atoms with van der Waals surface area (Å²) in [6, 6.07) is 5.78. The number of hydrogen-bond donors (Lipinski definition) is 1. The van der Waals surface area contributed by atoms with E-state index in [4.69, 9.17) is 11.6 Å². The van der Waals surface area contributed by atoms with Crippen LogP contribution in [0.2, 0.25) is 5.02 Å². The van der Waals surface area contributed by atoms with Gasteiger partial charge in [0.25, 0.3) is 0 Å². The Morgan fingerprint density at radius 3 is 2.12 bits per heavy atom. The average Bonchev–Trinajstić information content (AvgIpc) is 2.18. The minimum atomic E-state index is -0.139. The molecular formula is C13H20ClNO. The first-order valence-corrected chi connectivity index (χ1v) is 5.58. The molecule has 1 aromatic rings. The van der Waals surface area contributed by atoms with Crippen molar-refractivity contribution in [1.29, 1.82) is 0 Å². The van der Waals surface area contributed by atoms with Gasteiger partial charge in [-0.2, -0.15) is 0 Å². The maximum atomic E-state index is 9.83. The van der Waals surface area contributed by atoms with Crippen molar-refractivity contribution in [3.63, 3.8) is 0 Å². The number of hydrogen-bond acceptors (Lipinski definition) is 2. The van der Waals surface area contributed by atoms with Crippen LogP contribution in [-0.2, 0) is 4.79 Å². The fourth-order valence-electron chi connectivity index (χ4n) is 0.908. The predicted octanol–water partition coefficient (Wildman–Crippen LogP) is 3.92. The van der Waals surface area contributed by atoms with Crippen LogP contribution in [0.1, 0.15) is 26.3 Å². The fraction of sp³-hybridized carbons (Fsp3) is 0.462. The molecule has 2 nitrogen and oxygen atoms in total. The van der Waals surface area contributed by atoms with Crippen LogP contribution in [0.5, 0.6) is 0 Å². The van der Waals surface area contributed by atoms with Gasteiger partial charge in [-0.05, 0) is 30.7 Å². The number of benzene rings is 1. The Labute approximate surface area is 103 Å². The van der Waals surface area contributed by atoms with E-state index in [1.54, 1.807) is 0 Å². The standard InChI is InChI=1S/C8H10ClN.C5H10O/c1-6-5-7(9)3-4-8(6)10-2;1-5(2,3)4-6/h3-5,10H,1-2H3;4H,1-3H3. The van der Waals surface area contributed by atoms with Crippen molar-refractivity contribution in [2.24, 2.45) is 5.41 Å². The number of nitrogens with one attached hydrogen (secondary N) is 1. The van der Waals surface area contributed by atoms with E-state index >= 15 is 0 Å². The molecule has 0 spiro atoms. The maximum Gasteiger partial charge on any atom is 0.125 e. The molecule has 0 aliphatic heterocycles. The van der Waals surface area contributed by atoms with Gasteiger partial charge < -0.3 is 10.1 Å². The Hall–Kier alpha value is -1.02. The first-order valence-electron chi connectivity index (χ1n) is 5.20. The zero-order valence-electron chi connectivity index (χ0n) is 10.6. The van der Waals surface area contributed by atoms with E-state index in [0.717, 1.165) is 17.0 Å². The summed E-state index contributed by atoms with van der Waals surface area (Å²) in [6.45, 7) is 7.65. The van der Waals surface area contributed by atoms with Crippen LogP contribution in [-0.4, -0.2) is 13.3 Å². The van der Waals surface area contributed by atoms with Crippen molar-refractivity contribution in [2.75, 3.05) is 12.4 Å². The molecule has 0 atom stereocenters. The number of aldehydes is 1. The third-order valence-corrected chi connectivity index (χ3v) is 2.05. The van der Waals surface area contributed by atoms with Crippen LogP contribution in [0.15, 0.2) is 18.2 Å². The van der Waals surface area contributed by atoms with Crippen molar-refractivity contribution in [3.8, 4) is 0 Å². The molecule has 1 rings (SSSR count). The topological polar surface area (TPSA) is 29.1 Å². The van der Waals surface area contributed by atoms with Crippen LogP contribution in [0.25, 0.3) is 0 Å². The van der Waals surface area contributed by atoms with Crippen LogP contribution in [0.3, 0.4) is 0 Å². The van der Waals surface area contributed by atoms with E-state index in [1.807, 2.05) is 52.9 Å². The van der Waals surface area contributed by atoms with Gasteiger partial charge in [0.2, 0.25) is 0 Å². The Kier molecular flexibility index (Phi) is 6.12. The third kappa shape index (κ3) is 6.46. The largest absolute Gasteiger partial charge is 0.388 e. The van der Waals surface area contributed by atoms with E-state index in [2.05, 4.69) is 5.32 Å². The fourth-order valence-corrected chi connectivity index (χ4v) is 1.13. The van der Waals surface area contributed by atoms with Crippen molar-refractivity contribution >= 4 is 23.6 Å². The normalized spacial score (nSPS) is 10.1. The molecule has 0 saturated heterocycles. The molecule has 16 heavy (non-hydrogen) atoms. The van der Waals surface area contributed by atoms with Gasteiger partial charge >= 0.3 is 0 Å². The lowest BCUT2D eigenvalue weighted by Crippen LogP contribution is -2.04. The van der Waals surface area contributed by atoms with Crippen LogP contribution in [0, 0.1) is 12.3 Å². The molecule has 90 valence electrons. The summed E-state index contributed by atoms with van der Waals surface area (Å²) in [5.74, 6) is 0. The van der Waals surface area contributed by atoms with Crippen molar-refractivity contribution < 1.29 is 4.79 Å². The second-order valence-electron chi connectivity index (χ2n) is 4.69. The van der Waals surface area contributed by atoms with Gasteiger partial charge in [-0.3, -0.25) is 0 Å². The van der Waals surface area contributed by atoms with E-state index in [9.17, 15) is 4.79 Å². The Morgan fingerprint density at radius 2 is 1.81 bits per heavy atom. The van der Waals surface area contributed by atoms with E-state index < -0.39 is 0 Å². The number of carbonyl (C=O) groups is 1. The van der Waals surface area contributed by atoms with Gasteiger partial charge in [0.15, 0.2) is 0 Å². The van der Waals surface area contributed by atoms with Crippen LogP contribution in [0.4, 0.5) is 5.69 Å². The number of carbonyl (C=O) groups excluding carboxylic acids is 1. The van der Waals surface area contributed by atoms with Gasteiger partial charge in [0.1, 0.15) is 6.29 Å². The monoisotopic (exact) mass is 241 g/mol. The predicted molar refractivity (Wildman–Crippen MR) is 71.3 cm³/mol. The summed E-state index contributed by atoms with van der Waals surface area (Å²) < 4.78 is 0. The molecule has 0 aromatic heterocycles. The molecule has 0 heterocycles. The molecule has 0 bridgehead atoms. The number of anilines is 1. The van der Waals surface area contributed by atoms with Crippen molar-refractivity contribution in [3.05, 3.63) is 28.8 Å². The van der Waals surface area contributed by atoms with Gasteiger partial charge in [-0.1, -0.05) is 32.4 Å². The molecule has 1 N–H and O–H groups in total. The van der Waals surface area contributed by atoms with Gasteiger partial charge in [0, 0.05) is 23.2 Å². The van der Waals surface area contributed by atoms with Crippen LogP contribution >= 0.6 is 11.6 Å². The SMILES string of the molecule is CC(C)(C)C=O.CNc1ccc(Cl)cc1C. The van der Waals surface area contributed by atoms with E-state index in [0.29, 0.717) is 0 Å². The minimum Gasteiger partial charge on any atom is -0.388 e. The molecule has 0 fully saturated rings. The first kappa shape index (κ1) is 15.0. The van der Waals surface area contributed by atoms with Gasteiger partial charge in [-0.15, -0.1) is 0 Å². The maximum absolute atomic E-state index is 9.83. The zero-order valence-corrected chi connectivity index (χ0v) is 11.4. The molecule has 0 amide bonds. The van der Waals surface area contributed by atoms with Crippen LogP contribution < -0.4 is 5.32 Å². The molecule has 0 saturated carbocycles. The molecule has 3 heteroatoms. The molecule has 0 unspecified atom stereocenters. The summed E-state index contributed by atoms with van der Waals surface area (Å²) in [5.41, 5.74) is 2.17. The zero-order chi connectivity index (χ0) is 12.8. The lowest BCUT2D eigenvalue weighted by atomic mass is 10.0.